The summed E-state index contributed by atoms with van der Waals surface area (Å²) in [7, 11) is 3.76. The van der Waals surface area contributed by atoms with Gasteiger partial charge in [-0.15, -0.1) is 11.3 Å². The fourth-order valence-electron chi connectivity index (χ4n) is 2.48. The van der Waals surface area contributed by atoms with E-state index in [2.05, 4.69) is 21.8 Å². The van der Waals surface area contributed by atoms with E-state index in [0.29, 0.717) is 0 Å². The summed E-state index contributed by atoms with van der Waals surface area (Å²) in [5, 5.41) is 9.19. The van der Waals surface area contributed by atoms with Crippen LogP contribution in [0, 0.1) is 0 Å². The predicted molar refractivity (Wildman–Crippen MR) is 79.1 cm³/mol. The third-order valence-corrected chi connectivity index (χ3v) is 4.61. The molecule has 1 aliphatic rings. The molecule has 1 fully saturated rings. The SMILES string of the molecule is CNC(Cc1cccs1)C(=O)N(C)N1CCCCC1. The van der Waals surface area contributed by atoms with Crippen LogP contribution in [0.25, 0.3) is 0 Å². The average molecular weight is 281 g/mol. The van der Waals surface area contributed by atoms with Gasteiger partial charge in [-0.1, -0.05) is 12.5 Å². The number of rotatable bonds is 5. The molecular formula is C14H23N3OS. The molecule has 2 heterocycles. The minimum atomic E-state index is -0.134. The number of piperidine rings is 1. The molecule has 0 aliphatic carbocycles. The number of carbonyl (C=O) groups excluding carboxylic acids is 1. The highest BCUT2D eigenvalue weighted by molar-refractivity contribution is 7.09. The van der Waals surface area contributed by atoms with Crippen LogP contribution in [0.3, 0.4) is 0 Å². The third kappa shape index (κ3) is 3.78. The van der Waals surface area contributed by atoms with Crippen molar-refractivity contribution in [3.8, 4) is 0 Å². The van der Waals surface area contributed by atoms with Gasteiger partial charge in [0.05, 0.1) is 6.04 Å². The lowest BCUT2D eigenvalue weighted by molar-refractivity contribution is -0.149. The molecule has 0 spiro atoms. The van der Waals surface area contributed by atoms with Crippen molar-refractivity contribution in [3.05, 3.63) is 22.4 Å². The number of thiophene rings is 1. The second-order valence-corrected chi connectivity index (χ2v) is 6.03. The number of nitrogens with one attached hydrogen (secondary N) is 1. The molecule has 4 nitrogen and oxygen atoms in total. The van der Waals surface area contributed by atoms with Crippen LogP contribution in [0.15, 0.2) is 17.5 Å². The average Bonchev–Trinajstić information content (AvgIpc) is 2.97. The molecule has 106 valence electrons. The van der Waals surface area contributed by atoms with Gasteiger partial charge in [-0.05, 0) is 31.3 Å². The minimum absolute atomic E-state index is 0.134. The number of carbonyl (C=O) groups is 1. The second kappa shape index (κ2) is 7.03. The van der Waals surface area contributed by atoms with Crippen molar-refractivity contribution in [3.63, 3.8) is 0 Å². The first kappa shape index (κ1) is 14.5. The highest BCUT2D eigenvalue weighted by atomic mass is 32.1. The number of hydrazine groups is 1. The molecule has 0 bridgehead atoms. The van der Waals surface area contributed by atoms with Crippen molar-refractivity contribution in [2.24, 2.45) is 0 Å². The Hall–Kier alpha value is -0.910. The van der Waals surface area contributed by atoms with Crippen LogP contribution in [-0.2, 0) is 11.2 Å². The Bertz CT molecular complexity index is 387. The van der Waals surface area contributed by atoms with Gasteiger partial charge >= 0.3 is 0 Å². The highest BCUT2D eigenvalue weighted by Gasteiger charge is 2.25. The predicted octanol–water partition coefficient (Wildman–Crippen LogP) is 1.74. The molecule has 1 aliphatic heterocycles. The van der Waals surface area contributed by atoms with Crippen molar-refractivity contribution in [1.29, 1.82) is 0 Å². The summed E-state index contributed by atoms with van der Waals surface area (Å²) in [4.78, 5) is 13.8. The minimum Gasteiger partial charge on any atom is -0.309 e. The van der Waals surface area contributed by atoms with E-state index in [4.69, 9.17) is 0 Å². The zero-order valence-electron chi connectivity index (χ0n) is 11.8. The number of likely N-dealkylation sites (N-methyl/N-ethyl adjacent to an activating group) is 2. The number of amides is 1. The second-order valence-electron chi connectivity index (χ2n) is 5.00. The molecule has 5 heteroatoms. The van der Waals surface area contributed by atoms with Crippen LogP contribution < -0.4 is 5.32 Å². The van der Waals surface area contributed by atoms with E-state index in [1.54, 1.807) is 11.3 Å². The Morgan fingerprint density at radius 3 is 2.79 bits per heavy atom. The van der Waals surface area contributed by atoms with Crippen molar-refractivity contribution in [2.45, 2.75) is 31.7 Å². The van der Waals surface area contributed by atoms with Crippen LogP contribution >= 0.6 is 11.3 Å². The maximum atomic E-state index is 12.5. The van der Waals surface area contributed by atoms with Crippen LogP contribution in [0.4, 0.5) is 0 Å². The van der Waals surface area contributed by atoms with Gasteiger partial charge in [0.2, 0.25) is 0 Å². The molecule has 2 rings (SSSR count). The lowest BCUT2D eigenvalue weighted by atomic mass is 10.1. The number of hydrogen-bond acceptors (Lipinski definition) is 4. The summed E-state index contributed by atoms with van der Waals surface area (Å²) in [6.07, 6.45) is 4.42. The van der Waals surface area contributed by atoms with Gasteiger partial charge in [0.25, 0.3) is 5.91 Å². The zero-order chi connectivity index (χ0) is 13.7. The third-order valence-electron chi connectivity index (χ3n) is 3.71. The molecule has 0 radical (unpaired) electrons. The first-order valence-electron chi connectivity index (χ1n) is 6.94. The molecule has 19 heavy (non-hydrogen) atoms. The van der Waals surface area contributed by atoms with Gasteiger partial charge in [0.1, 0.15) is 0 Å². The van der Waals surface area contributed by atoms with Crippen molar-refractivity contribution >= 4 is 17.2 Å². The zero-order valence-corrected chi connectivity index (χ0v) is 12.6. The van der Waals surface area contributed by atoms with E-state index >= 15 is 0 Å². The van der Waals surface area contributed by atoms with Gasteiger partial charge in [0, 0.05) is 31.4 Å². The van der Waals surface area contributed by atoms with E-state index in [1.807, 2.05) is 25.2 Å². The summed E-state index contributed by atoms with van der Waals surface area (Å²) in [5.74, 6) is 0.165. The van der Waals surface area contributed by atoms with Gasteiger partial charge in [-0.2, -0.15) is 0 Å². The molecule has 0 saturated carbocycles. The molecule has 1 unspecified atom stereocenters. The molecular weight excluding hydrogens is 258 g/mol. The summed E-state index contributed by atoms with van der Waals surface area (Å²) in [5.41, 5.74) is 0. The van der Waals surface area contributed by atoms with E-state index in [0.717, 1.165) is 19.5 Å². The fraction of sp³-hybridized carbons (Fsp3) is 0.643. The molecule has 1 amide bonds. The topological polar surface area (TPSA) is 35.6 Å². The summed E-state index contributed by atoms with van der Waals surface area (Å²) in [6, 6.07) is 3.99. The molecule has 1 aromatic rings. The van der Waals surface area contributed by atoms with Crippen LogP contribution in [-0.4, -0.2) is 49.2 Å². The van der Waals surface area contributed by atoms with Crippen LogP contribution in [0.2, 0.25) is 0 Å². The van der Waals surface area contributed by atoms with Crippen LogP contribution in [0.5, 0.6) is 0 Å². The molecule has 1 N–H and O–H groups in total. The first-order valence-corrected chi connectivity index (χ1v) is 7.82. The van der Waals surface area contributed by atoms with E-state index < -0.39 is 0 Å². The van der Waals surface area contributed by atoms with Crippen LogP contribution in [0.1, 0.15) is 24.1 Å². The molecule has 1 saturated heterocycles. The van der Waals surface area contributed by atoms with Gasteiger partial charge in [-0.25, -0.2) is 5.01 Å². The van der Waals surface area contributed by atoms with Gasteiger partial charge in [0.15, 0.2) is 0 Å². The molecule has 1 aromatic heterocycles. The number of nitrogens with zero attached hydrogens (tertiary/aromatic N) is 2. The van der Waals surface area contributed by atoms with E-state index in [1.165, 1.54) is 24.1 Å². The molecule has 0 aromatic carbocycles. The number of hydrogen-bond donors (Lipinski definition) is 1. The smallest absolute Gasteiger partial charge is 0.254 e. The Kier molecular flexibility index (Phi) is 5.36. The highest BCUT2D eigenvalue weighted by Crippen LogP contribution is 2.15. The first-order chi connectivity index (χ1) is 9.22. The van der Waals surface area contributed by atoms with E-state index in [-0.39, 0.29) is 11.9 Å². The Morgan fingerprint density at radius 1 is 1.47 bits per heavy atom. The Labute approximate surface area is 119 Å². The lowest BCUT2D eigenvalue weighted by Crippen LogP contribution is -2.53. The monoisotopic (exact) mass is 281 g/mol. The quantitative estimate of drug-likeness (QED) is 0.893. The Balaban J connectivity index is 1.95. The van der Waals surface area contributed by atoms with Crippen molar-refractivity contribution in [1.82, 2.24) is 15.3 Å². The van der Waals surface area contributed by atoms with Gasteiger partial charge in [-0.3, -0.25) is 9.80 Å². The van der Waals surface area contributed by atoms with Crippen molar-refractivity contribution < 1.29 is 4.79 Å². The standard InChI is InChI=1S/C14H23N3OS/c1-15-13(11-12-7-6-10-19-12)14(18)16(2)17-8-4-3-5-9-17/h6-7,10,13,15H,3-5,8-9,11H2,1-2H3. The largest absolute Gasteiger partial charge is 0.309 e. The lowest BCUT2D eigenvalue weighted by Gasteiger charge is -2.36. The maximum absolute atomic E-state index is 12.5. The molecule has 1 atom stereocenters. The Morgan fingerprint density at radius 2 is 2.21 bits per heavy atom. The van der Waals surface area contributed by atoms with E-state index in [9.17, 15) is 4.79 Å². The van der Waals surface area contributed by atoms with Gasteiger partial charge < -0.3 is 5.32 Å². The fourth-order valence-corrected chi connectivity index (χ4v) is 3.24. The summed E-state index contributed by atoms with van der Waals surface area (Å²) < 4.78 is 0. The normalized spacial score (nSPS) is 18.2. The summed E-state index contributed by atoms with van der Waals surface area (Å²) >= 11 is 1.71. The summed E-state index contributed by atoms with van der Waals surface area (Å²) in [6.45, 7) is 2.00. The maximum Gasteiger partial charge on any atom is 0.254 e. The van der Waals surface area contributed by atoms with Crippen molar-refractivity contribution in [2.75, 3.05) is 27.2 Å².